The zero-order valence-electron chi connectivity index (χ0n) is 22.6. The molecule has 0 radical (unpaired) electrons. The highest BCUT2D eigenvalue weighted by Crippen LogP contribution is 2.66. The van der Waals surface area contributed by atoms with Crippen LogP contribution in [0.2, 0.25) is 0 Å². The van der Waals surface area contributed by atoms with Crippen molar-refractivity contribution in [2.75, 3.05) is 18.6 Å². The molecule has 2 aliphatic heterocycles. The Labute approximate surface area is 254 Å². The number of phenolic OH excluding ortho intramolecular Hbond substituents is 1. The number of halogens is 3. The molecule has 0 bridgehead atoms. The Balaban J connectivity index is 1.52. The number of likely N-dealkylation sites (tertiary alicyclic amines) is 1. The number of imide groups is 2. The predicted octanol–water partition coefficient (Wildman–Crippen LogP) is 3.58. The number of nitrogens with zero attached hydrogens (tertiary/aromatic N) is 2. The van der Waals surface area contributed by atoms with Crippen molar-refractivity contribution in [3.8, 4) is 11.5 Å². The van der Waals surface area contributed by atoms with Crippen molar-refractivity contribution in [3.05, 3.63) is 65.5 Å². The molecule has 2 aromatic carbocycles. The highest BCUT2D eigenvalue weighted by atomic mass is 35.5. The number of carboxylic acids is 1. The van der Waals surface area contributed by atoms with Crippen molar-refractivity contribution in [3.63, 3.8) is 0 Å². The van der Waals surface area contributed by atoms with Crippen LogP contribution in [0.3, 0.4) is 0 Å². The lowest BCUT2D eigenvalue weighted by molar-refractivity contribution is -0.142. The summed E-state index contributed by atoms with van der Waals surface area (Å²) < 4.78 is 18.9. The highest BCUT2D eigenvalue weighted by Gasteiger charge is 2.76. The van der Waals surface area contributed by atoms with Crippen LogP contribution in [-0.2, 0) is 24.0 Å². The van der Waals surface area contributed by atoms with Gasteiger partial charge in [-0.25, -0.2) is 9.29 Å². The first-order valence-electron chi connectivity index (χ1n) is 13.5. The molecule has 2 aromatic rings. The molecule has 6 unspecified atom stereocenters. The number of methoxy groups -OCH3 is 1. The van der Waals surface area contributed by atoms with Crippen molar-refractivity contribution in [2.45, 2.75) is 34.9 Å². The van der Waals surface area contributed by atoms with Gasteiger partial charge in [0.1, 0.15) is 5.82 Å². The second-order valence-electron chi connectivity index (χ2n) is 11.2. The summed E-state index contributed by atoms with van der Waals surface area (Å²) in [6.07, 6.45) is 1.12. The molecule has 4 amide bonds. The normalized spacial score (nSPS) is 31.5. The number of rotatable bonds is 6. The molecular formula is C30H25Cl2FN2O8. The number of anilines is 1. The van der Waals surface area contributed by atoms with Crippen LogP contribution in [0.25, 0.3) is 0 Å². The molecule has 43 heavy (non-hydrogen) atoms. The largest absolute Gasteiger partial charge is 0.504 e. The second kappa shape index (κ2) is 10.1. The maximum atomic E-state index is 14.3. The van der Waals surface area contributed by atoms with Crippen LogP contribution < -0.4 is 9.64 Å². The summed E-state index contributed by atoms with van der Waals surface area (Å²) in [5, 5.41) is 19.8. The fraction of sp³-hybridized carbons (Fsp3) is 0.367. The Bertz CT molecular complexity index is 1630. The lowest BCUT2D eigenvalue weighted by atomic mass is 9.56. The number of carbonyl (C=O) groups is 5. The van der Waals surface area contributed by atoms with Crippen LogP contribution in [-0.4, -0.2) is 68.1 Å². The highest BCUT2D eigenvalue weighted by molar-refractivity contribution is 6.58. The van der Waals surface area contributed by atoms with Gasteiger partial charge < -0.3 is 14.9 Å². The first kappa shape index (κ1) is 29.1. The lowest BCUT2D eigenvalue weighted by Gasteiger charge is -2.50. The number of allylic oxidation sites excluding steroid dienone is 2. The number of alkyl halides is 2. The number of ether oxygens (including phenoxy) is 1. The fourth-order valence-corrected chi connectivity index (χ4v) is 8.09. The third-order valence-electron chi connectivity index (χ3n) is 9.07. The zero-order chi connectivity index (χ0) is 31.0. The van der Waals surface area contributed by atoms with Gasteiger partial charge in [-0.05, 0) is 60.7 Å². The van der Waals surface area contributed by atoms with Crippen molar-refractivity contribution in [1.82, 2.24) is 4.90 Å². The summed E-state index contributed by atoms with van der Waals surface area (Å²) in [6, 6.07) is 9.05. The quantitative estimate of drug-likeness (QED) is 0.280. The molecule has 2 N–H and O–H groups in total. The summed E-state index contributed by atoms with van der Waals surface area (Å²) in [6.45, 7) is -0.306. The average molecular weight is 631 g/mol. The second-order valence-corrected chi connectivity index (χ2v) is 12.4. The van der Waals surface area contributed by atoms with Crippen LogP contribution in [0.5, 0.6) is 11.5 Å². The minimum atomic E-state index is -2.15. The van der Waals surface area contributed by atoms with E-state index < -0.39 is 75.3 Å². The van der Waals surface area contributed by atoms with Gasteiger partial charge in [0.05, 0.1) is 31.1 Å². The van der Waals surface area contributed by atoms with E-state index >= 15 is 0 Å². The Kier molecular flexibility index (Phi) is 6.81. The number of hydrogen-bond acceptors (Lipinski definition) is 7. The first-order chi connectivity index (χ1) is 20.3. The van der Waals surface area contributed by atoms with Crippen LogP contribution in [0.15, 0.2) is 54.1 Å². The molecule has 6 atom stereocenters. The summed E-state index contributed by atoms with van der Waals surface area (Å²) in [5.74, 6) is -8.48. The van der Waals surface area contributed by atoms with Gasteiger partial charge in [-0.2, -0.15) is 0 Å². The van der Waals surface area contributed by atoms with Gasteiger partial charge in [-0.1, -0.05) is 17.7 Å². The predicted molar refractivity (Wildman–Crippen MR) is 150 cm³/mol. The molecule has 2 saturated heterocycles. The van der Waals surface area contributed by atoms with Crippen molar-refractivity contribution in [2.24, 2.45) is 17.8 Å². The Morgan fingerprint density at radius 3 is 2.37 bits per heavy atom. The maximum Gasteiger partial charge on any atom is 0.305 e. The van der Waals surface area contributed by atoms with Gasteiger partial charge >= 0.3 is 5.97 Å². The Hall–Kier alpha value is -3.96. The van der Waals surface area contributed by atoms with E-state index in [9.17, 15) is 33.5 Å². The number of carbonyl (C=O) groups excluding carboxylic acids is 4. The number of benzene rings is 2. The van der Waals surface area contributed by atoms with E-state index in [1.807, 2.05) is 0 Å². The van der Waals surface area contributed by atoms with Crippen LogP contribution in [0.1, 0.15) is 30.7 Å². The van der Waals surface area contributed by atoms with Gasteiger partial charge in [-0.15, -0.1) is 23.2 Å². The summed E-state index contributed by atoms with van der Waals surface area (Å²) >= 11 is 14.5. The molecule has 2 heterocycles. The molecular weight excluding hydrogens is 606 g/mol. The molecule has 0 spiro atoms. The molecule has 10 nitrogen and oxygen atoms in total. The molecule has 2 aliphatic carbocycles. The molecule has 6 rings (SSSR count). The fourth-order valence-electron chi connectivity index (χ4n) is 7.15. The van der Waals surface area contributed by atoms with E-state index in [1.165, 1.54) is 31.4 Å². The number of hydrogen-bond donors (Lipinski definition) is 2. The number of aromatic hydroxyl groups is 1. The Morgan fingerprint density at radius 1 is 1.05 bits per heavy atom. The minimum Gasteiger partial charge on any atom is -0.504 e. The van der Waals surface area contributed by atoms with E-state index in [0.29, 0.717) is 11.1 Å². The zero-order valence-corrected chi connectivity index (χ0v) is 24.1. The smallest absolute Gasteiger partial charge is 0.305 e. The van der Waals surface area contributed by atoms with E-state index in [-0.39, 0.29) is 36.6 Å². The molecule has 13 heteroatoms. The van der Waals surface area contributed by atoms with Crippen LogP contribution in [0, 0.1) is 23.6 Å². The van der Waals surface area contributed by atoms with Gasteiger partial charge in [0.15, 0.2) is 21.2 Å². The molecule has 224 valence electrons. The van der Waals surface area contributed by atoms with E-state index in [4.69, 9.17) is 33.0 Å². The van der Waals surface area contributed by atoms with Crippen molar-refractivity contribution >= 4 is 58.5 Å². The maximum absolute atomic E-state index is 14.3. The minimum absolute atomic E-state index is 0.0453. The number of phenols is 1. The number of fused-ring (bicyclic) bond motifs is 4. The van der Waals surface area contributed by atoms with Gasteiger partial charge in [0.25, 0.3) is 11.8 Å². The van der Waals surface area contributed by atoms with Gasteiger partial charge in [0.2, 0.25) is 11.8 Å². The molecule has 4 aliphatic rings. The van der Waals surface area contributed by atoms with Gasteiger partial charge in [0, 0.05) is 12.5 Å². The van der Waals surface area contributed by atoms with E-state index in [2.05, 4.69) is 0 Å². The standard InChI is InChI=1S/C30H25Cl2FN2O8/c1-43-21-9-2-14(12-20(21)36)24-17-7-8-18-23(26(40)34(25(18)39)11-10-22(37)38)19(17)13-29(31)27(41)35(28(42)30(24,29)32)16-5-3-15(33)4-6-16/h2-7,9,12,18-19,23-24,36H,8,10-11,13H2,1H3,(H,37,38). The van der Waals surface area contributed by atoms with Crippen LogP contribution >= 0.6 is 23.2 Å². The number of amides is 4. The lowest BCUT2D eigenvalue weighted by Crippen LogP contribution is -2.60. The first-order valence-corrected chi connectivity index (χ1v) is 14.3. The van der Waals surface area contributed by atoms with E-state index in [1.54, 1.807) is 12.1 Å². The van der Waals surface area contributed by atoms with Gasteiger partial charge in [-0.3, -0.25) is 28.9 Å². The number of carboxylic acid groups (broad SMARTS) is 1. The SMILES string of the molecule is COc1ccc(C2C3=CCC4C(=O)N(CCC(=O)O)C(=O)C4C3CC3(Cl)C(=O)N(c4ccc(F)cc4)C(=O)C23Cl)cc1O. The Morgan fingerprint density at radius 2 is 1.74 bits per heavy atom. The van der Waals surface area contributed by atoms with Crippen molar-refractivity contribution in [1.29, 1.82) is 0 Å². The average Bonchev–Trinajstić information content (AvgIpc) is 3.30. The summed E-state index contributed by atoms with van der Waals surface area (Å²) in [5.41, 5.74) is 0.860. The van der Waals surface area contributed by atoms with E-state index in [0.717, 1.165) is 21.9 Å². The molecule has 0 aromatic heterocycles. The monoisotopic (exact) mass is 630 g/mol. The number of aliphatic carboxylic acids is 1. The third-order valence-corrected chi connectivity index (χ3v) is 10.5. The summed E-state index contributed by atoms with van der Waals surface area (Å²) in [4.78, 5) is 64.1. The summed E-state index contributed by atoms with van der Waals surface area (Å²) in [7, 11) is 1.36. The molecule has 1 saturated carbocycles. The van der Waals surface area contributed by atoms with Crippen LogP contribution in [0.4, 0.5) is 10.1 Å². The molecule has 3 fully saturated rings. The topological polar surface area (TPSA) is 142 Å². The third kappa shape index (κ3) is 4.01. The van der Waals surface area contributed by atoms with Crippen molar-refractivity contribution < 1.29 is 43.3 Å².